The predicted molar refractivity (Wildman–Crippen MR) is 41.2 cm³/mol. The molecule has 0 aromatic carbocycles. The zero-order valence-corrected chi connectivity index (χ0v) is 7.20. The van der Waals surface area contributed by atoms with Gasteiger partial charge in [0.05, 0.1) is 0 Å². The van der Waals surface area contributed by atoms with Gasteiger partial charge in [-0.05, 0) is 0 Å². The van der Waals surface area contributed by atoms with E-state index in [-0.39, 0.29) is 12.5 Å². The van der Waals surface area contributed by atoms with Crippen LogP contribution in [-0.4, -0.2) is 49.8 Å². The van der Waals surface area contributed by atoms with Crippen molar-refractivity contribution in [3.63, 3.8) is 0 Å². The molecule has 0 saturated heterocycles. The second-order valence-electron chi connectivity index (χ2n) is 2.47. The molecule has 0 bridgehead atoms. The van der Waals surface area contributed by atoms with Crippen LogP contribution >= 0.6 is 0 Å². The average Bonchev–Trinajstić information content (AvgIpc) is 1.98. The van der Waals surface area contributed by atoms with Crippen LogP contribution in [-0.2, 0) is 9.53 Å². The molecule has 0 heterocycles. The van der Waals surface area contributed by atoms with Crippen molar-refractivity contribution in [3.8, 4) is 0 Å². The van der Waals surface area contributed by atoms with Crippen molar-refractivity contribution >= 4 is 5.91 Å². The molecule has 1 N–H and O–H groups in total. The second-order valence-corrected chi connectivity index (χ2v) is 2.47. The topological polar surface area (TPSA) is 49.8 Å². The molecule has 0 aromatic rings. The minimum Gasteiger partial charge on any atom is -0.396 e. The standard InChI is InChI=1S/C7H15NO3/c1-8(2)7(10)6(11-3)4-5-9/h6,9H,4-5H2,1-3H3/t6-/m1/s1. The molecule has 0 unspecified atom stereocenters. The van der Waals surface area contributed by atoms with E-state index in [1.807, 2.05) is 0 Å². The number of nitrogens with zero attached hydrogens (tertiary/aromatic N) is 1. The summed E-state index contributed by atoms with van der Waals surface area (Å²) in [7, 11) is 4.78. The number of likely N-dealkylation sites (N-methyl/N-ethyl adjacent to an activating group) is 1. The van der Waals surface area contributed by atoms with Gasteiger partial charge < -0.3 is 14.7 Å². The van der Waals surface area contributed by atoms with E-state index in [0.717, 1.165) is 0 Å². The lowest BCUT2D eigenvalue weighted by molar-refractivity contribution is -0.140. The summed E-state index contributed by atoms with van der Waals surface area (Å²) in [6.07, 6.45) is -0.150. The van der Waals surface area contributed by atoms with Crippen LogP contribution < -0.4 is 0 Å². The van der Waals surface area contributed by atoms with Gasteiger partial charge in [0, 0.05) is 34.2 Å². The van der Waals surface area contributed by atoms with Crippen molar-refractivity contribution in [3.05, 3.63) is 0 Å². The lowest BCUT2D eigenvalue weighted by atomic mass is 10.2. The van der Waals surface area contributed by atoms with Crippen LogP contribution in [0.4, 0.5) is 0 Å². The molecule has 0 radical (unpaired) electrons. The smallest absolute Gasteiger partial charge is 0.251 e. The van der Waals surface area contributed by atoms with Gasteiger partial charge in [-0.1, -0.05) is 0 Å². The van der Waals surface area contributed by atoms with Crippen LogP contribution in [0.15, 0.2) is 0 Å². The fourth-order valence-corrected chi connectivity index (χ4v) is 0.747. The third-order valence-corrected chi connectivity index (χ3v) is 1.39. The van der Waals surface area contributed by atoms with Crippen molar-refractivity contribution < 1.29 is 14.6 Å². The first-order valence-corrected chi connectivity index (χ1v) is 3.48. The molecule has 0 aliphatic heterocycles. The lowest BCUT2D eigenvalue weighted by Gasteiger charge is -2.17. The van der Waals surface area contributed by atoms with E-state index in [2.05, 4.69) is 0 Å². The maximum absolute atomic E-state index is 11.2. The monoisotopic (exact) mass is 161 g/mol. The number of carbonyl (C=O) groups is 1. The van der Waals surface area contributed by atoms with Crippen LogP contribution in [0.3, 0.4) is 0 Å². The largest absolute Gasteiger partial charge is 0.396 e. The van der Waals surface area contributed by atoms with E-state index < -0.39 is 6.10 Å². The first kappa shape index (κ1) is 10.4. The highest BCUT2D eigenvalue weighted by molar-refractivity contribution is 5.80. The Kier molecular flexibility index (Phi) is 4.81. The van der Waals surface area contributed by atoms with Gasteiger partial charge in [0.25, 0.3) is 5.91 Å². The van der Waals surface area contributed by atoms with E-state index in [9.17, 15) is 4.79 Å². The summed E-state index contributed by atoms with van der Waals surface area (Å²) in [4.78, 5) is 12.6. The molecule has 0 aliphatic carbocycles. The van der Waals surface area contributed by atoms with Gasteiger partial charge in [0.1, 0.15) is 6.10 Å². The normalized spacial score (nSPS) is 12.7. The summed E-state index contributed by atoms with van der Waals surface area (Å²) in [6.45, 7) is -0.0297. The van der Waals surface area contributed by atoms with E-state index in [4.69, 9.17) is 9.84 Å². The number of rotatable bonds is 4. The molecule has 66 valence electrons. The molecule has 0 rings (SSSR count). The molecule has 1 atom stereocenters. The Morgan fingerprint density at radius 3 is 2.45 bits per heavy atom. The highest BCUT2D eigenvalue weighted by Gasteiger charge is 2.18. The van der Waals surface area contributed by atoms with Crippen LogP contribution in [0, 0.1) is 0 Å². The van der Waals surface area contributed by atoms with Gasteiger partial charge in [-0.15, -0.1) is 0 Å². The van der Waals surface area contributed by atoms with E-state index >= 15 is 0 Å². The number of amides is 1. The summed E-state index contributed by atoms with van der Waals surface area (Å²) in [5, 5.41) is 8.55. The minimum absolute atomic E-state index is 0.0297. The molecule has 11 heavy (non-hydrogen) atoms. The number of hydrogen-bond acceptors (Lipinski definition) is 3. The molecule has 1 amide bonds. The molecular formula is C7H15NO3. The summed E-state index contributed by atoms with van der Waals surface area (Å²) in [5.74, 6) is -0.110. The number of aliphatic hydroxyl groups excluding tert-OH is 1. The van der Waals surface area contributed by atoms with E-state index in [0.29, 0.717) is 6.42 Å². The van der Waals surface area contributed by atoms with Gasteiger partial charge in [-0.3, -0.25) is 4.79 Å². The summed E-state index contributed by atoms with van der Waals surface area (Å²) < 4.78 is 4.86. The Balaban J connectivity index is 3.92. The van der Waals surface area contributed by atoms with Crippen molar-refractivity contribution in [1.29, 1.82) is 0 Å². The Hall–Kier alpha value is -0.610. The number of methoxy groups -OCH3 is 1. The number of ether oxygens (including phenoxy) is 1. The van der Waals surface area contributed by atoms with E-state index in [1.165, 1.54) is 12.0 Å². The Bertz CT molecular complexity index is 125. The van der Waals surface area contributed by atoms with Gasteiger partial charge in [-0.2, -0.15) is 0 Å². The second kappa shape index (κ2) is 5.09. The Labute approximate surface area is 66.8 Å². The van der Waals surface area contributed by atoms with Crippen molar-refractivity contribution in [1.82, 2.24) is 4.90 Å². The van der Waals surface area contributed by atoms with Gasteiger partial charge >= 0.3 is 0 Å². The third kappa shape index (κ3) is 3.34. The molecular weight excluding hydrogens is 146 g/mol. The summed E-state index contributed by atoms with van der Waals surface area (Å²) in [6, 6.07) is 0. The molecule has 0 spiro atoms. The zero-order chi connectivity index (χ0) is 8.85. The van der Waals surface area contributed by atoms with Crippen LogP contribution in [0.25, 0.3) is 0 Å². The average molecular weight is 161 g/mol. The van der Waals surface area contributed by atoms with Crippen LogP contribution in [0.1, 0.15) is 6.42 Å². The number of aliphatic hydroxyl groups is 1. The van der Waals surface area contributed by atoms with Crippen molar-refractivity contribution in [2.24, 2.45) is 0 Å². The van der Waals surface area contributed by atoms with Gasteiger partial charge in [-0.25, -0.2) is 0 Å². The fraction of sp³-hybridized carbons (Fsp3) is 0.857. The van der Waals surface area contributed by atoms with Gasteiger partial charge in [0.15, 0.2) is 0 Å². The quantitative estimate of drug-likeness (QED) is 0.603. The van der Waals surface area contributed by atoms with Crippen molar-refractivity contribution in [2.45, 2.75) is 12.5 Å². The third-order valence-electron chi connectivity index (χ3n) is 1.39. The predicted octanol–water partition coefficient (Wildman–Crippen LogP) is -0.528. The molecule has 0 aliphatic rings. The Morgan fingerprint density at radius 1 is 1.64 bits per heavy atom. The summed E-state index contributed by atoms with van der Waals surface area (Å²) in [5.41, 5.74) is 0. The maximum atomic E-state index is 11.2. The van der Waals surface area contributed by atoms with Gasteiger partial charge in [0.2, 0.25) is 0 Å². The number of hydrogen-bond donors (Lipinski definition) is 1. The molecule has 4 heteroatoms. The fourth-order valence-electron chi connectivity index (χ4n) is 0.747. The first-order valence-electron chi connectivity index (χ1n) is 3.48. The summed E-state index contributed by atoms with van der Waals surface area (Å²) >= 11 is 0. The molecule has 0 aromatic heterocycles. The first-order chi connectivity index (χ1) is 5.13. The lowest BCUT2D eigenvalue weighted by Crippen LogP contribution is -2.35. The minimum atomic E-state index is -0.505. The molecule has 4 nitrogen and oxygen atoms in total. The molecule has 0 saturated carbocycles. The number of carbonyl (C=O) groups excluding carboxylic acids is 1. The zero-order valence-electron chi connectivity index (χ0n) is 7.20. The molecule has 0 fully saturated rings. The highest BCUT2D eigenvalue weighted by atomic mass is 16.5. The van der Waals surface area contributed by atoms with Crippen LogP contribution in [0.5, 0.6) is 0 Å². The Morgan fingerprint density at radius 2 is 2.18 bits per heavy atom. The SMILES string of the molecule is CO[C@H](CCO)C(=O)N(C)C. The van der Waals surface area contributed by atoms with Crippen molar-refractivity contribution in [2.75, 3.05) is 27.8 Å². The van der Waals surface area contributed by atoms with E-state index in [1.54, 1.807) is 14.1 Å². The highest BCUT2D eigenvalue weighted by Crippen LogP contribution is 1.99. The van der Waals surface area contributed by atoms with Crippen LogP contribution in [0.2, 0.25) is 0 Å². The maximum Gasteiger partial charge on any atom is 0.251 e.